The second kappa shape index (κ2) is 12.3. The van der Waals surface area contributed by atoms with Gasteiger partial charge in [0, 0.05) is 30.4 Å². The quantitative estimate of drug-likeness (QED) is 0.134. The van der Waals surface area contributed by atoms with Crippen molar-refractivity contribution < 1.29 is 28.6 Å². The molecule has 2 aliphatic heterocycles. The number of ether oxygens (including phenoxy) is 2. The second-order valence-electron chi connectivity index (χ2n) is 8.86. The SMILES string of the molecule is COc1ccc(-n2c3cssc-3c(NC(=O)CCCCCCC(=O)c3c(O)cc(C)oc3=O)c2=O)c(OC)c1. The van der Waals surface area contributed by atoms with Crippen LogP contribution in [0.1, 0.15) is 54.6 Å². The standard InChI is InChI=1S/C27H28N2O8S2/c1-15-12-20(31)23(27(34)37-15)19(30)8-6-4-5-7-9-22(32)28-24-25-18(14-38-39-25)29(26(24)33)17-11-10-16(35-2)13-21(17)36-3/h10-14,31H,4-9H2,1-3H3,(H,28,32). The van der Waals surface area contributed by atoms with Crippen molar-refractivity contribution in [3.63, 3.8) is 0 Å². The highest BCUT2D eigenvalue weighted by Gasteiger charge is 2.26. The molecule has 0 unspecified atom stereocenters. The van der Waals surface area contributed by atoms with E-state index in [1.165, 1.54) is 45.3 Å². The molecule has 206 valence electrons. The van der Waals surface area contributed by atoms with Crippen molar-refractivity contribution >= 4 is 38.1 Å². The minimum Gasteiger partial charge on any atom is -0.507 e. The third-order valence-electron chi connectivity index (χ3n) is 6.19. The van der Waals surface area contributed by atoms with Crippen LogP contribution in [0.2, 0.25) is 0 Å². The molecule has 1 aromatic heterocycles. The van der Waals surface area contributed by atoms with E-state index in [9.17, 15) is 24.3 Å². The number of hydrogen-bond acceptors (Lipinski definition) is 10. The Labute approximate surface area is 231 Å². The van der Waals surface area contributed by atoms with Gasteiger partial charge >= 0.3 is 5.63 Å². The van der Waals surface area contributed by atoms with Gasteiger partial charge in [-0.1, -0.05) is 33.5 Å². The Morgan fingerprint density at radius 2 is 1.79 bits per heavy atom. The highest BCUT2D eigenvalue weighted by Crippen LogP contribution is 2.41. The molecule has 1 aromatic carbocycles. The molecule has 3 heterocycles. The van der Waals surface area contributed by atoms with Crippen LogP contribution in [0.5, 0.6) is 17.2 Å². The zero-order valence-corrected chi connectivity index (χ0v) is 23.3. The summed E-state index contributed by atoms with van der Waals surface area (Å²) in [7, 11) is 5.94. The first-order valence-electron chi connectivity index (χ1n) is 12.3. The van der Waals surface area contributed by atoms with E-state index in [0.717, 1.165) is 0 Å². The monoisotopic (exact) mass is 572 g/mol. The molecule has 1 amide bonds. The zero-order chi connectivity index (χ0) is 28.1. The molecule has 2 aromatic rings. The van der Waals surface area contributed by atoms with E-state index in [1.54, 1.807) is 25.3 Å². The first kappa shape index (κ1) is 28.1. The summed E-state index contributed by atoms with van der Waals surface area (Å²) in [6, 6.07) is 6.42. The minimum atomic E-state index is -0.841. The fourth-order valence-corrected chi connectivity index (χ4v) is 6.48. The molecule has 0 radical (unpaired) electrons. The Hall–Kier alpha value is -3.90. The van der Waals surface area contributed by atoms with Crippen LogP contribution in [-0.4, -0.2) is 35.6 Å². The number of aromatic hydroxyl groups is 1. The Morgan fingerprint density at radius 1 is 1.05 bits per heavy atom. The van der Waals surface area contributed by atoms with Crippen molar-refractivity contribution in [3.8, 4) is 33.5 Å². The third-order valence-corrected chi connectivity index (χ3v) is 8.26. The van der Waals surface area contributed by atoms with Gasteiger partial charge in [0.05, 0.1) is 30.5 Å². The number of rotatable bonds is 12. The topological polar surface area (TPSA) is 137 Å². The lowest BCUT2D eigenvalue weighted by Gasteiger charge is -2.11. The fourth-order valence-electron chi connectivity index (χ4n) is 4.28. The van der Waals surface area contributed by atoms with Crippen molar-refractivity contribution in [2.75, 3.05) is 19.5 Å². The molecule has 0 atom stereocenters. The van der Waals surface area contributed by atoms with Crippen molar-refractivity contribution in [1.29, 1.82) is 0 Å². The Kier molecular flexibility index (Phi) is 8.87. The van der Waals surface area contributed by atoms with Crippen LogP contribution in [0.15, 0.2) is 43.7 Å². The number of carbonyl (C=O) groups is 2. The molecule has 0 aliphatic carbocycles. The van der Waals surface area contributed by atoms with Gasteiger partial charge in [-0.05, 0) is 31.9 Å². The van der Waals surface area contributed by atoms with Gasteiger partial charge in [0.1, 0.15) is 34.3 Å². The number of nitrogens with one attached hydrogen (secondary N) is 1. The lowest BCUT2D eigenvalue weighted by Crippen LogP contribution is -2.20. The predicted molar refractivity (Wildman–Crippen MR) is 150 cm³/mol. The van der Waals surface area contributed by atoms with Gasteiger partial charge in [-0.2, -0.15) is 0 Å². The summed E-state index contributed by atoms with van der Waals surface area (Å²) in [5, 5.41) is 14.5. The summed E-state index contributed by atoms with van der Waals surface area (Å²) in [5.41, 5.74) is -0.0392. The third kappa shape index (κ3) is 6.07. The van der Waals surface area contributed by atoms with E-state index < -0.39 is 11.4 Å². The average molecular weight is 573 g/mol. The number of unbranched alkanes of at least 4 members (excludes halogenated alkanes) is 3. The van der Waals surface area contributed by atoms with Gasteiger partial charge in [0.15, 0.2) is 5.78 Å². The molecule has 39 heavy (non-hydrogen) atoms. The van der Waals surface area contributed by atoms with Crippen LogP contribution in [0.3, 0.4) is 0 Å². The molecule has 0 saturated carbocycles. The van der Waals surface area contributed by atoms with E-state index in [1.807, 2.05) is 5.38 Å². The normalized spacial score (nSPS) is 11.1. The van der Waals surface area contributed by atoms with Crippen LogP contribution in [0.25, 0.3) is 16.3 Å². The van der Waals surface area contributed by atoms with Crippen molar-refractivity contribution in [1.82, 2.24) is 4.57 Å². The van der Waals surface area contributed by atoms with Crippen molar-refractivity contribution in [3.05, 3.63) is 61.7 Å². The van der Waals surface area contributed by atoms with E-state index in [2.05, 4.69) is 5.32 Å². The summed E-state index contributed by atoms with van der Waals surface area (Å²) in [4.78, 5) is 50.9. The Morgan fingerprint density at radius 3 is 2.49 bits per heavy atom. The smallest absolute Gasteiger partial charge is 0.350 e. The molecule has 12 heteroatoms. The number of aromatic nitrogens is 1. The van der Waals surface area contributed by atoms with Gasteiger partial charge in [0.25, 0.3) is 5.56 Å². The number of ketones is 1. The molecule has 0 spiro atoms. The summed E-state index contributed by atoms with van der Waals surface area (Å²) in [6.45, 7) is 1.51. The van der Waals surface area contributed by atoms with Crippen LogP contribution < -0.4 is 26.0 Å². The molecular formula is C27H28N2O8S2. The van der Waals surface area contributed by atoms with Crippen LogP contribution >= 0.6 is 20.7 Å². The lowest BCUT2D eigenvalue weighted by molar-refractivity contribution is -0.116. The number of amides is 1. The van der Waals surface area contributed by atoms with Gasteiger partial charge in [-0.3, -0.25) is 19.0 Å². The minimum absolute atomic E-state index is 0.0903. The summed E-state index contributed by atoms with van der Waals surface area (Å²) < 4.78 is 17.2. The summed E-state index contributed by atoms with van der Waals surface area (Å²) >= 11 is 0. The van der Waals surface area contributed by atoms with Crippen LogP contribution in [0, 0.1) is 6.92 Å². The Bertz CT molecular complexity index is 1580. The number of carbonyl (C=O) groups excluding carboxylic acids is 2. The average Bonchev–Trinajstić information content (AvgIpc) is 3.46. The fraction of sp³-hybridized carbons (Fsp3) is 0.333. The van der Waals surface area contributed by atoms with E-state index in [4.69, 9.17) is 13.9 Å². The maximum Gasteiger partial charge on any atom is 0.350 e. The van der Waals surface area contributed by atoms with Gasteiger partial charge in [-0.25, -0.2) is 4.79 Å². The van der Waals surface area contributed by atoms with Crippen LogP contribution in [0.4, 0.5) is 5.69 Å². The van der Waals surface area contributed by atoms with E-state index >= 15 is 0 Å². The maximum absolute atomic E-state index is 13.4. The lowest BCUT2D eigenvalue weighted by atomic mass is 10.0. The second-order valence-corrected chi connectivity index (χ2v) is 10.9. The number of methoxy groups -OCH3 is 2. The first-order chi connectivity index (χ1) is 18.7. The number of anilines is 1. The molecule has 2 aliphatic rings. The Balaban J connectivity index is 1.33. The molecule has 0 fully saturated rings. The molecule has 10 nitrogen and oxygen atoms in total. The largest absolute Gasteiger partial charge is 0.507 e. The zero-order valence-electron chi connectivity index (χ0n) is 21.7. The van der Waals surface area contributed by atoms with E-state index in [-0.39, 0.29) is 47.1 Å². The number of aryl methyl sites for hydroxylation is 1. The molecular weight excluding hydrogens is 544 g/mol. The number of fused-ring (bicyclic) bond motifs is 1. The number of nitrogens with zero attached hydrogens (tertiary/aromatic N) is 1. The molecule has 2 N–H and O–H groups in total. The number of hydrogen-bond donors (Lipinski definition) is 2. The van der Waals surface area contributed by atoms with Gasteiger partial charge in [0.2, 0.25) is 5.91 Å². The predicted octanol–water partition coefficient (Wildman–Crippen LogP) is 5.21. The van der Waals surface area contributed by atoms with Gasteiger partial charge < -0.3 is 24.3 Å². The highest BCUT2D eigenvalue weighted by molar-refractivity contribution is 7.70. The maximum atomic E-state index is 13.4. The highest BCUT2D eigenvalue weighted by atomic mass is 32.9. The number of benzene rings is 1. The van der Waals surface area contributed by atoms with Crippen molar-refractivity contribution in [2.24, 2.45) is 0 Å². The van der Waals surface area contributed by atoms with Crippen LogP contribution in [-0.2, 0) is 4.79 Å². The van der Waals surface area contributed by atoms with Crippen molar-refractivity contribution in [2.45, 2.75) is 45.4 Å². The molecule has 0 saturated heterocycles. The molecule has 0 bridgehead atoms. The summed E-state index contributed by atoms with van der Waals surface area (Å²) in [5.74, 6) is 0.174. The van der Waals surface area contributed by atoms with Gasteiger partial charge in [-0.15, -0.1) is 0 Å². The van der Waals surface area contributed by atoms with E-state index in [0.29, 0.717) is 53.4 Å². The first-order valence-corrected chi connectivity index (χ1v) is 14.5. The summed E-state index contributed by atoms with van der Waals surface area (Å²) in [6.07, 6.45) is 2.71. The molecule has 4 rings (SSSR count). The number of Topliss-reactive ketones (excluding diaryl/α,β-unsaturated/α-hetero) is 1.